The number of rotatable bonds is 1. The van der Waals surface area contributed by atoms with E-state index in [-0.39, 0.29) is 11.9 Å². The number of fused-ring (bicyclic) bond motifs is 2. The summed E-state index contributed by atoms with van der Waals surface area (Å²) < 4.78 is 11.2. The zero-order valence-electron chi connectivity index (χ0n) is 11.5. The number of ether oxygens (including phenoxy) is 1. The number of amides is 1. The van der Waals surface area contributed by atoms with E-state index in [1.54, 1.807) is 12.5 Å². The standard InChI is InChI=1S/C16H16N2O3/c19-16-14-3-1-2-13(11-4-7-20-9-11)15(14)21-10-12-8-17-5-6-18(12)16/h1-4,7,9,12,17H,5-6,8,10H2. The summed E-state index contributed by atoms with van der Waals surface area (Å²) in [5.74, 6) is 0.720. The Morgan fingerprint density at radius 3 is 3.00 bits per heavy atom. The van der Waals surface area contributed by atoms with Crippen LogP contribution in [0.3, 0.4) is 0 Å². The Bertz CT molecular complexity index is 666. The molecule has 1 aromatic carbocycles. The van der Waals surface area contributed by atoms with Crippen molar-refractivity contribution in [2.24, 2.45) is 0 Å². The fourth-order valence-electron chi connectivity index (χ4n) is 3.02. The van der Waals surface area contributed by atoms with Crippen molar-refractivity contribution in [2.75, 3.05) is 26.2 Å². The van der Waals surface area contributed by atoms with Crippen LogP contribution in [0.15, 0.2) is 41.2 Å². The second-order valence-electron chi connectivity index (χ2n) is 5.36. The zero-order chi connectivity index (χ0) is 14.2. The van der Waals surface area contributed by atoms with Crippen LogP contribution in [0.2, 0.25) is 0 Å². The predicted octanol–water partition coefficient (Wildman–Crippen LogP) is 1.75. The highest BCUT2D eigenvalue weighted by Crippen LogP contribution is 2.36. The van der Waals surface area contributed by atoms with Gasteiger partial charge in [0.1, 0.15) is 12.4 Å². The molecule has 1 amide bonds. The molecule has 3 heterocycles. The first kappa shape index (κ1) is 12.5. The summed E-state index contributed by atoms with van der Waals surface area (Å²) in [5.41, 5.74) is 2.47. The smallest absolute Gasteiger partial charge is 0.258 e. The molecular formula is C16H16N2O3. The lowest BCUT2D eigenvalue weighted by molar-refractivity contribution is 0.0606. The first-order valence-electron chi connectivity index (χ1n) is 7.14. The molecule has 1 N–H and O–H groups in total. The van der Waals surface area contributed by atoms with Crippen molar-refractivity contribution < 1.29 is 13.9 Å². The van der Waals surface area contributed by atoms with Crippen LogP contribution >= 0.6 is 0 Å². The predicted molar refractivity (Wildman–Crippen MR) is 77.3 cm³/mol. The van der Waals surface area contributed by atoms with Gasteiger partial charge in [-0.15, -0.1) is 0 Å². The molecule has 1 unspecified atom stereocenters. The molecule has 2 aliphatic heterocycles. The minimum atomic E-state index is 0.0549. The molecule has 108 valence electrons. The SMILES string of the molecule is O=C1c2cccc(-c3ccoc3)c2OCC2CNCCN12. The molecule has 1 fully saturated rings. The molecule has 1 atom stereocenters. The number of carbonyl (C=O) groups is 1. The third kappa shape index (κ3) is 2.01. The topological polar surface area (TPSA) is 54.7 Å². The summed E-state index contributed by atoms with van der Waals surface area (Å²) in [4.78, 5) is 14.7. The van der Waals surface area contributed by atoms with E-state index in [0.717, 1.165) is 30.8 Å². The van der Waals surface area contributed by atoms with Crippen LogP contribution in [-0.4, -0.2) is 43.1 Å². The summed E-state index contributed by atoms with van der Waals surface area (Å²) in [6, 6.07) is 7.66. The summed E-state index contributed by atoms with van der Waals surface area (Å²) in [5, 5.41) is 3.31. The van der Waals surface area contributed by atoms with Gasteiger partial charge in [-0.25, -0.2) is 0 Å². The summed E-state index contributed by atoms with van der Waals surface area (Å²) in [6.45, 7) is 2.85. The highest BCUT2D eigenvalue weighted by molar-refractivity contribution is 6.00. The van der Waals surface area contributed by atoms with E-state index in [4.69, 9.17) is 9.15 Å². The van der Waals surface area contributed by atoms with E-state index in [1.165, 1.54) is 0 Å². The normalized spacial score (nSPS) is 21.2. The third-order valence-corrected chi connectivity index (χ3v) is 4.11. The average Bonchev–Trinajstić information content (AvgIpc) is 3.02. The van der Waals surface area contributed by atoms with Gasteiger partial charge >= 0.3 is 0 Å². The maximum absolute atomic E-state index is 12.8. The molecule has 0 radical (unpaired) electrons. The first-order valence-corrected chi connectivity index (χ1v) is 7.14. The minimum Gasteiger partial charge on any atom is -0.490 e. The molecule has 2 aromatic rings. The van der Waals surface area contributed by atoms with Crippen LogP contribution in [0.4, 0.5) is 0 Å². The van der Waals surface area contributed by atoms with Crippen LogP contribution in [0.5, 0.6) is 5.75 Å². The van der Waals surface area contributed by atoms with Crippen molar-refractivity contribution in [1.29, 1.82) is 0 Å². The summed E-state index contributed by atoms with van der Waals surface area (Å²) in [6.07, 6.45) is 3.30. The molecule has 2 aliphatic rings. The van der Waals surface area contributed by atoms with Crippen LogP contribution in [-0.2, 0) is 0 Å². The lowest BCUT2D eigenvalue weighted by Crippen LogP contribution is -2.54. The van der Waals surface area contributed by atoms with Gasteiger partial charge in [-0.2, -0.15) is 0 Å². The van der Waals surface area contributed by atoms with Gasteiger partial charge in [0.2, 0.25) is 0 Å². The van der Waals surface area contributed by atoms with Crippen molar-refractivity contribution >= 4 is 5.91 Å². The number of nitrogens with one attached hydrogen (secondary N) is 1. The highest BCUT2D eigenvalue weighted by Gasteiger charge is 2.33. The van der Waals surface area contributed by atoms with E-state index < -0.39 is 0 Å². The number of furan rings is 1. The molecule has 1 aromatic heterocycles. The van der Waals surface area contributed by atoms with Crippen LogP contribution in [0.25, 0.3) is 11.1 Å². The van der Waals surface area contributed by atoms with Crippen molar-refractivity contribution in [3.05, 3.63) is 42.4 Å². The van der Waals surface area contributed by atoms with Gasteiger partial charge in [0.15, 0.2) is 0 Å². The molecule has 5 heteroatoms. The van der Waals surface area contributed by atoms with Gasteiger partial charge in [0.05, 0.1) is 24.1 Å². The van der Waals surface area contributed by atoms with E-state index in [9.17, 15) is 4.79 Å². The Morgan fingerprint density at radius 1 is 1.24 bits per heavy atom. The second-order valence-corrected chi connectivity index (χ2v) is 5.36. The van der Waals surface area contributed by atoms with E-state index in [2.05, 4.69) is 5.32 Å². The maximum Gasteiger partial charge on any atom is 0.258 e. The van der Waals surface area contributed by atoms with E-state index in [1.807, 2.05) is 29.2 Å². The lowest BCUT2D eigenvalue weighted by Gasteiger charge is -2.33. The fraction of sp³-hybridized carbons (Fsp3) is 0.312. The average molecular weight is 284 g/mol. The van der Waals surface area contributed by atoms with Crippen LogP contribution in [0, 0.1) is 0 Å². The molecule has 4 rings (SSSR count). The lowest BCUT2D eigenvalue weighted by atomic mass is 10.0. The Morgan fingerprint density at radius 2 is 2.14 bits per heavy atom. The number of piperazine rings is 1. The Kier molecular flexibility index (Phi) is 2.93. The molecule has 0 aliphatic carbocycles. The van der Waals surface area contributed by atoms with Crippen molar-refractivity contribution in [2.45, 2.75) is 6.04 Å². The highest BCUT2D eigenvalue weighted by atomic mass is 16.5. The number of hydrogen-bond acceptors (Lipinski definition) is 4. The number of carbonyl (C=O) groups excluding carboxylic acids is 1. The van der Waals surface area contributed by atoms with Gasteiger partial charge < -0.3 is 19.4 Å². The summed E-state index contributed by atoms with van der Waals surface area (Å²) >= 11 is 0. The Balaban J connectivity index is 1.81. The molecular weight excluding hydrogens is 268 g/mol. The zero-order valence-corrected chi connectivity index (χ0v) is 11.5. The number of hydrogen-bond donors (Lipinski definition) is 1. The van der Waals surface area contributed by atoms with Gasteiger partial charge in [0.25, 0.3) is 5.91 Å². The van der Waals surface area contributed by atoms with Crippen LogP contribution < -0.4 is 10.1 Å². The largest absolute Gasteiger partial charge is 0.490 e. The van der Waals surface area contributed by atoms with Gasteiger partial charge in [-0.1, -0.05) is 12.1 Å². The van der Waals surface area contributed by atoms with E-state index in [0.29, 0.717) is 17.9 Å². The van der Waals surface area contributed by atoms with Crippen LogP contribution in [0.1, 0.15) is 10.4 Å². The first-order chi connectivity index (χ1) is 10.3. The van der Waals surface area contributed by atoms with Crippen molar-refractivity contribution in [1.82, 2.24) is 10.2 Å². The third-order valence-electron chi connectivity index (χ3n) is 4.11. The van der Waals surface area contributed by atoms with Gasteiger partial charge in [0, 0.05) is 30.8 Å². The van der Waals surface area contributed by atoms with Crippen molar-refractivity contribution in [3.8, 4) is 16.9 Å². The molecule has 0 bridgehead atoms. The molecule has 0 saturated carbocycles. The van der Waals surface area contributed by atoms with Gasteiger partial charge in [-0.05, 0) is 12.1 Å². The quantitative estimate of drug-likeness (QED) is 0.867. The Labute approximate surface area is 122 Å². The number of benzene rings is 1. The maximum atomic E-state index is 12.8. The Hall–Kier alpha value is -2.27. The molecule has 21 heavy (non-hydrogen) atoms. The van der Waals surface area contributed by atoms with E-state index >= 15 is 0 Å². The fourth-order valence-corrected chi connectivity index (χ4v) is 3.02. The molecule has 1 saturated heterocycles. The monoisotopic (exact) mass is 284 g/mol. The van der Waals surface area contributed by atoms with Crippen molar-refractivity contribution in [3.63, 3.8) is 0 Å². The van der Waals surface area contributed by atoms with Gasteiger partial charge in [-0.3, -0.25) is 4.79 Å². The second kappa shape index (κ2) is 4.93. The summed E-state index contributed by atoms with van der Waals surface area (Å²) in [7, 11) is 0. The molecule has 5 nitrogen and oxygen atoms in total. The number of para-hydroxylation sites is 1. The number of nitrogens with zero attached hydrogens (tertiary/aromatic N) is 1. The minimum absolute atomic E-state index is 0.0549. The molecule has 0 spiro atoms.